The Morgan fingerprint density at radius 1 is 1.22 bits per heavy atom. The smallest absolute Gasteiger partial charge is 0.422 e. The van der Waals surface area contributed by atoms with Gasteiger partial charge in [0.25, 0.3) is 5.91 Å². The van der Waals surface area contributed by atoms with Crippen molar-refractivity contribution in [2.45, 2.75) is 12.6 Å². The zero-order valence-corrected chi connectivity index (χ0v) is 12.0. The van der Waals surface area contributed by atoms with Crippen LogP contribution >= 0.6 is 0 Å². The summed E-state index contributed by atoms with van der Waals surface area (Å²) in [7, 11) is 0. The zero-order valence-electron chi connectivity index (χ0n) is 12.0. The Morgan fingerprint density at radius 2 is 2.00 bits per heavy atom. The molecule has 3 rings (SSSR count). The Bertz CT molecular complexity index is 714. The fourth-order valence-electron chi connectivity index (χ4n) is 2.45. The van der Waals surface area contributed by atoms with Gasteiger partial charge in [-0.1, -0.05) is 18.2 Å². The van der Waals surface area contributed by atoms with Gasteiger partial charge in [-0.05, 0) is 24.1 Å². The lowest BCUT2D eigenvalue weighted by Gasteiger charge is -2.17. The topological polar surface area (TPSA) is 42.4 Å². The van der Waals surface area contributed by atoms with Crippen LogP contribution in [0.1, 0.15) is 15.9 Å². The Morgan fingerprint density at radius 3 is 2.70 bits per heavy atom. The van der Waals surface area contributed by atoms with E-state index in [0.29, 0.717) is 12.1 Å². The van der Waals surface area contributed by atoms with Crippen LogP contribution in [0.3, 0.4) is 0 Å². The highest BCUT2D eigenvalue weighted by molar-refractivity contribution is 6.07. The van der Waals surface area contributed by atoms with E-state index in [9.17, 15) is 18.0 Å². The Kier molecular flexibility index (Phi) is 3.94. The average Bonchev–Trinajstić information content (AvgIpc) is 2.96. The maximum atomic E-state index is 12.5. The van der Waals surface area contributed by atoms with E-state index >= 15 is 0 Å². The molecule has 0 N–H and O–H groups in total. The van der Waals surface area contributed by atoms with Crippen molar-refractivity contribution in [3.05, 3.63) is 53.7 Å². The number of alkyl halides is 3. The molecule has 1 aromatic heterocycles. The van der Waals surface area contributed by atoms with Crippen molar-refractivity contribution >= 4 is 11.6 Å². The third kappa shape index (κ3) is 3.44. The molecule has 1 aliphatic rings. The number of carbonyl (C=O) groups excluding carboxylic acids is 1. The number of nitrogens with zero attached hydrogens (tertiary/aromatic N) is 2. The van der Waals surface area contributed by atoms with Gasteiger partial charge in [0.1, 0.15) is 0 Å². The first kappa shape index (κ1) is 15.3. The van der Waals surface area contributed by atoms with E-state index < -0.39 is 12.8 Å². The fourth-order valence-corrected chi connectivity index (χ4v) is 2.45. The van der Waals surface area contributed by atoms with E-state index in [-0.39, 0.29) is 11.8 Å². The SMILES string of the molecule is O=C(c1ccc(OCC(F)(F)F)nc1)N1CCc2ccccc21. The number of hydrogen-bond donors (Lipinski definition) is 0. The standard InChI is InChI=1S/C16H13F3N2O2/c17-16(18,19)10-23-14-6-5-12(9-20-14)15(22)21-8-7-11-3-1-2-4-13(11)21/h1-6,9H,7-8,10H2. The minimum Gasteiger partial charge on any atom is -0.468 e. The van der Waals surface area contributed by atoms with Crippen molar-refractivity contribution in [3.63, 3.8) is 0 Å². The van der Waals surface area contributed by atoms with Crippen molar-refractivity contribution in [2.75, 3.05) is 18.1 Å². The average molecular weight is 322 g/mol. The molecule has 2 heterocycles. The predicted molar refractivity (Wildman–Crippen MR) is 77.6 cm³/mol. The predicted octanol–water partition coefficient (Wildman–Crippen LogP) is 3.23. The molecule has 0 atom stereocenters. The van der Waals surface area contributed by atoms with Gasteiger partial charge < -0.3 is 9.64 Å². The lowest BCUT2D eigenvalue weighted by atomic mass is 10.2. The second-order valence-corrected chi connectivity index (χ2v) is 5.12. The van der Waals surface area contributed by atoms with Crippen LogP contribution in [0.2, 0.25) is 0 Å². The molecule has 1 amide bonds. The molecular weight excluding hydrogens is 309 g/mol. The number of hydrogen-bond acceptors (Lipinski definition) is 3. The molecule has 2 aromatic rings. The number of halogens is 3. The molecule has 0 saturated heterocycles. The largest absolute Gasteiger partial charge is 0.468 e. The number of anilines is 1. The van der Waals surface area contributed by atoms with Crippen LogP contribution in [0.4, 0.5) is 18.9 Å². The number of ether oxygens (including phenoxy) is 1. The van der Waals surface area contributed by atoms with Crippen molar-refractivity contribution in [2.24, 2.45) is 0 Å². The highest BCUT2D eigenvalue weighted by Crippen LogP contribution is 2.29. The van der Waals surface area contributed by atoms with E-state index in [4.69, 9.17) is 0 Å². The minimum atomic E-state index is -4.42. The molecule has 0 radical (unpaired) electrons. The zero-order chi connectivity index (χ0) is 16.4. The second kappa shape index (κ2) is 5.91. The molecule has 23 heavy (non-hydrogen) atoms. The molecule has 0 spiro atoms. The van der Waals surface area contributed by atoms with Crippen molar-refractivity contribution in [1.29, 1.82) is 0 Å². The lowest BCUT2D eigenvalue weighted by molar-refractivity contribution is -0.154. The van der Waals surface area contributed by atoms with E-state index in [1.807, 2.05) is 24.3 Å². The van der Waals surface area contributed by atoms with Gasteiger partial charge in [-0.25, -0.2) is 4.98 Å². The molecule has 0 aliphatic carbocycles. The van der Waals surface area contributed by atoms with E-state index in [1.165, 1.54) is 18.3 Å². The molecule has 4 nitrogen and oxygen atoms in total. The summed E-state index contributed by atoms with van der Waals surface area (Å²) in [6.07, 6.45) is -2.41. The quantitative estimate of drug-likeness (QED) is 0.871. The van der Waals surface area contributed by atoms with E-state index in [1.54, 1.807) is 4.90 Å². The summed E-state index contributed by atoms with van der Waals surface area (Å²) in [5.41, 5.74) is 2.26. The Hall–Kier alpha value is -2.57. The molecule has 120 valence electrons. The van der Waals surface area contributed by atoms with Crippen LogP contribution in [-0.4, -0.2) is 30.2 Å². The van der Waals surface area contributed by atoms with Gasteiger partial charge in [-0.15, -0.1) is 0 Å². The summed E-state index contributed by atoms with van der Waals surface area (Å²) >= 11 is 0. The van der Waals surface area contributed by atoms with Crippen molar-refractivity contribution < 1.29 is 22.7 Å². The monoisotopic (exact) mass is 322 g/mol. The van der Waals surface area contributed by atoms with Crippen LogP contribution in [0.5, 0.6) is 5.88 Å². The number of rotatable bonds is 3. The molecule has 0 bridgehead atoms. The third-order valence-electron chi connectivity index (χ3n) is 3.50. The number of benzene rings is 1. The first-order valence-electron chi connectivity index (χ1n) is 6.99. The van der Waals surface area contributed by atoms with Gasteiger partial charge >= 0.3 is 6.18 Å². The number of pyridine rings is 1. The van der Waals surface area contributed by atoms with Gasteiger partial charge in [0.05, 0.1) is 5.56 Å². The highest BCUT2D eigenvalue weighted by Gasteiger charge is 2.29. The Labute approximate surface area is 130 Å². The number of carbonyl (C=O) groups is 1. The summed E-state index contributed by atoms with van der Waals surface area (Å²) in [5, 5.41) is 0. The van der Waals surface area contributed by atoms with E-state index in [2.05, 4.69) is 9.72 Å². The van der Waals surface area contributed by atoms with Crippen LogP contribution < -0.4 is 9.64 Å². The maximum Gasteiger partial charge on any atom is 0.422 e. The summed E-state index contributed by atoms with van der Waals surface area (Å²) < 4.78 is 40.8. The van der Waals surface area contributed by atoms with Crippen molar-refractivity contribution in [1.82, 2.24) is 4.98 Å². The molecule has 0 unspecified atom stereocenters. The molecule has 1 aromatic carbocycles. The van der Waals surface area contributed by atoms with Crippen LogP contribution in [-0.2, 0) is 6.42 Å². The molecule has 0 saturated carbocycles. The molecular formula is C16H13F3N2O2. The summed E-state index contributed by atoms with van der Waals surface area (Å²) in [6, 6.07) is 10.3. The first-order chi connectivity index (χ1) is 10.9. The number of fused-ring (bicyclic) bond motifs is 1. The minimum absolute atomic E-state index is 0.166. The van der Waals surface area contributed by atoms with Crippen LogP contribution in [0.15, 0.2) is 42.6 Å². The van der Waals surface area contributed by atoms with Crippen LogP contribution in [0, 0.1) is 0 Å². The van der Waals surface area contributed by atoms with Gasteiger partial charge in [0.15, 0.2) is 6.61 Å². The summed E-state index contributed by atoms with van der Waals surface area (Å²) in [4.78, 5) is 17.9. The summed E-state index contributed by atoms with van der Waals surface area (Å²) in [5.74, 6) is -0.398. The first-order valence-corrected chi connectivity index (χ1v) is 6.99. The van der Waals surface area contributed by atoms with Gasteiger partial charge in [0.2, 0.25) is 5.88 Å². The highest BCUT2D eigenvalue weighted by atomic mass is 19.4. The Balaban J connectivity index is 1.72. The van der Waals surface area contributed by atoms with Gasteiger partial charge in [0, 0.05) is 24.5 Å². The maximum absolute atomic E-state index is 12.5. The van der Waals surface area contributed by atoms with Crippen molar-refractivity contribution in [3.8, 4) is 5.88 Å². The summed E-state index contributed by atoms with van der Waals surface area (Å²) in [6.45, 7) is -0.836. The number of amides is 1. The van der Waals surface area contributed by atoms with Crippen LogP contribution in [0.25, 0.3) is 0 Å². The number of para-hydroxylation sites is 1. The molecule has 1 aliphatic heterocycles. The second-order valence-electron chi connectivity index (χ2n) is 5.12. The number of aromatic nitrogens is 1. The van der Waals surface area contributed by atoms with Gasteiger partial charge in [-0.3, -0.25) is 4.79 Å². The fraction of sp³-hybridized carbons (Fsp3) is 0.250. The van der Waals surface area contributed by atoms with E-state index in [0.717, 1.165) is 17.7 Å². The lowest BCUT2D eigenvalue weighted by Crippen LogP contribution is -2.29. The van der Waals surface area contributed by atoms with Gasteiger partial charge in [-0.2, -0.15) is 13.2 Å². The normalized spacial score (nSPS) is 13.8. The third-order valence-corrected chi connectivity index (χ3v) is 3.50. The molecule has 0 fully saturated rings. The molecule has 7 heteroatoms.